The van der Waals surface area contributed by atoms with Crippen molar-refractivity contribution in [1.29, 1.82) is 0 Å². The van der Waals surface area contributed by atoms with Crippen molar-refractivity contribution in [2.45, 2.75) is 26.4 Å². The fraction of sp³-hybridized carbons (Fsp3) is 0.636. The van der Waals surface area contributed by atoms with Gasteiger partial charge < -0.3 is 10.2 Å². The molecule has 1 aromatic heterocycles. The summed E-state index contributed by atoms with van der Waals surface area (Å²) in [6.07, 6.45) is -3.70. The summed E-state index contributed by atoms with van der Waals surface area (Å²) in [6.45, 7) is 3.43. The minimum atomic E-state index is -4.24. The Bertz CT molecular complexity index is 327. The molecule has 1 aromatic rings. The predicted octanol–water partition coefficient (Wildman–Crippen LogP) is 2.62. The Morgan fingerprint density at radius 2 is 1.82 bits per heavy atom. The Hall–Kier alpha value is -1.17. The van der Waals surface area contributed by atoms with Crippen LogP contribution in [0.15, 0.2) is 12.1 Å². The molecule has 0 radical (unpaired) electrons. The minimum Gasteiger partial charge on any atom is -0.372 e. The number of alkyl halides is 3. The topological polar surface area (TPSA) is 26.2 Å². The van der Waals surface area contributed by atoms with E-state index >= 15 is 0 Å². The first-order chi connectivity index (χ1) is 7.90. The molecule has 1 N–H and O–H groups in total. The van der Waals surface area contributed by atoms with Gasteiger partial charge in [0.2, 0.25) is 0 Å². The molecule has 6 heteroatoms. The molecule has 0 saturated carbocycles. The Morgan fingerprint density at radius 1 is 1.24 bits per heavy atom. The molecule has 0 fully saturated rings. The summed E-state index contributed by atoms with van der Waals surface area (Å²) in [6, 6.07) is 3.95. The molecule has 0 saturated heterocycles. The zero-order valence-electron chi connectivity index (χ0n) is 9.97. The van der Waals surface area contributed by atoms with E-state index in [4.69, 9.17) is 0 Å². The van der Waals surface area contributed by atoms with E-state index in [0.29, 0.717) is 13.0 Å². The fourth-order valence-electron chi connectivity index (χ4n) is 1.47. The average Bonchev–Trinajstić information content (AvgIpc) is 2.52. The molecule has 0 atom stereocenters. The number of rotatable bonds is 6. The predicted molar refractivity (Wildman–Crippen MR) is 59.6 cm³/mol. The van der Waals surface area contributed by atoms with E-state index in [1.54, 1.807) is 0 Å². The third-order valence-corrected chi connectivity index (χ3v) is 2.27. The third kappa shape index (κ3) is 5.12. The second-order valence-corrected chi connectivity index (χ2v) is 3.88. The van der Waals surface area contributed by atoms with Gasteiger partial charge in [-0.3, -0.25) is 4.68 Å². The van der Waals surface area contributed by atoms with Gasteiger partial charge in [0.05, 0.1) is 0 Å². The van der Waals surface area contributed by atoms with Gasteiger partial charge in [0.25, 0.3) is 0 Å². The lowest BCUT2D eigenvalue weighted by atomic mass is 10.4. The molecule has 0 aromatic carbocycles. The molecule has 1 heterocycles. The Balaban J connectivity index is 2.13. The molecule has 0 aliphatic rings. The summed E-state index contributed by atoms with van der Waals surface area (Å²) < 4.78 is 41.7. The van der Waals surface area contributed by atoms with Crippen LogP contribution in [0.3, 0.4) is 0 Å². The van der Waals surface area contributed by atoms with Crippen LogP contribution in [0.4, 0.5) is 13.2 Å². The monoisotopic (exact) mass is 250 g/mol. The molecule has 0 spiro atoms. The number of hydrogen-bond acceptors (Lipinski definition) is 2. The highest BCUT2D eigenvalue weighted by molar-refractivity contribution is 5.15. The Labute approximate surface area is 98.5 Å². The van der Waals surface area contributed by atoms with Crippen molar-refractivity contribution >= 4 is 0 Å². The van der Waals surface area contributed by atoms with Crippen LogP contribution in [0.2, 0.25) is 0 Å². The first-order valence-corrected chi connectivity index (χ1v) is 5.43. The van der Waals surface area contributed by atoms with Crippen LogP contribution in [0.1, 0.15) is 17.8 Å². The summed E-state index contributed by atoms with van der Waals surface area (Å²) >= 11 is 0. The second-order valence-electron chi connectivity index (χ2n) is 3.88. The summed E-state index contributed by atoms with van der Waals surface area (Å²) in [4.78, 5) is 0. The maximum absolute atomic E-state index is 11.7. The summed E-state index contributed by atoms with van der Waals surface area (Å²) in [5.74, 6) is 0. The van der Waals surface area contributed by atoms with Gasteiger partial charge in [0.15, 0.2) is 0 Å². The summed E-state index contributed by atoms with van der Waals surface area (Å²) in [5.41, 5.74) is 5.25. The van der Waals surface area contributed by atoms with Gasteiger partial charge in [0, 0.05) is 24.5 Å². The zero-order valence-corrected chi connectivity index (χ0v) is 9.97. The fourth-order valence-corrected chi connectivity index (χ4v) is 1.47. The van der Waals surface area contributed by atoms with Crippen molar-refractivity contribution in [3.63, 3.8) is 0 Å². The molecule has 17 heavy (non-hydrogen) atoms. The van der Waals surface area contributed by atoms with E-state index in [1.807, 2.05) is 30.7 Å². The smallest absolute Gasteiger partial charge is 0.372 e. The van der Waals surface area contributed by atoms with E-state index < -0.39 is 12.8 Å². The number of hydrogen-bond donors (Lipinski definition) is 1. The minimum absolute atomic E-state index is 0.103. The SMILES string of the molecule is Cc1ccc(C)n1NCCCOCC(F)(F)F. The van der Waals surface area contributed by atoms with Crippen molar-refractivity contribution in [1.82, 2.24) is 4.68 Å². The maximum Gasteiger partial charge on any atom is 0.411 e. The molecular formula is C11H17F3N2O. The lowest BCUT2D eigenvalue weighted by Crippen LogP contribution is -2.21. The lowest BCUT2D eigenvalue weighted by Gasteiger charge is -2.12. The van der Waals surface area contributed by atoms with Crippen LogP contribution in [0.25, 0.3) is 0 Å². The van der Waals surface area contributed by atoms with Crippen LogP contribution in [0.5, 0.6) is 0 Å². The summed E-state index contributed by atoms with van der Waals surface area (Å²) in [7, 11) is 0. The molecular weight excluding hydrogens is 233 g/mol. The average molecular weight is 250 g/mol. The number of ether oxygens (including phenoxy) is 1. The first-order valence-electron chi connectivity index (χ1n) is 5.43. The molecule has 0 unspecified atom stereocenters. The summed E-state index contributed by atoms with van der Waals surface area (Å²) in [5, 5.41) is 0. The van der Waals surface area contributed by atoms with E-state index in [2.05, 4.69) is 10.2 Å². The van der Waals surface area contributed by atoms with E-state index in [9.17, 15) is 13.2 Å². The number of nitrogens with one attached hydrogen (secondary N) is 1. The van der Waals surface area contributed by atoms with Gasteiger partial charge in [-0.2, -0.15) is 13.2 Å². The van der Waals surface area contributed by atoms with Gasteiger partial charge in [-0.05, 0) is 32.4 Å². The number of halogens is 3. The van der Waals surface area contributed by atoms with Crippen molar-refractivity contribution in [3.05, 3.63) is 23.5 Å². The maximum atomic E-state index is 11.7. The molecule has 0 aliphatic carbocycles. The van der Waals surface area contributed by atoms with Crippen LogP contribution in [0, 0.1) is 13.8 Å². The van der Waals surface area contributed by atoms with Crippen LogP contribution >= 0.6 is 0 Å². The van der Waals surface area contributed by atoms with Gasteiger partial charge in [0.1, 0.15) is 6.61 Å². The molecule has 1 rings (SSSR count). The zero-order chi connectivity index (χ0) is 12.9. The largest absolute Gasteiger partial charge is 0.411 e. The normalized spacial score (nSPS) is 11.8. The number of nitrogens with zero attached hydrogens (tertiary/aromatic N) is 1. The van der Waals surface area contributed by atoms with E-state index in [1.165, 1.54) is 0 Å². The van der Waals surface area contributed by atoms with Crippen molar-refractivity contribution < 1.29 is 17.9 Å². The molecule has 3 nitrogen and oxygen atoms in total. The van der Waals surface area contributed by atoms with Crippen molar-refractivity contribution in [3.8, 4) is 0 Å². The highest BCUT2D eigenvalue weighted by Crippen LogP contribution is 2.14. The molecule has 0 aliphatic heterocycles. The second kappa shape index (κ2) is 5.95. The van der Waals surface area contributed by atoms with Gasteiger partial charge >= 0.3 is 6.18 Å². The number of aromatic nitrogens is 1. The van der Waals surface area contributed by atoms with Crippen molar-refractivity contribution in [2.24, 2.45) is 0 Å². The quantitative estimate of drug-likeness (QED) is 0.785. The van der Waals surface area contributed by atoms with Crippen LogP contribution in [-0.4, -0.2) is 30.6 Å². The first kappa shape index (κ1) is 13.9. The highest BCUT2D eigenvalue weighted by Gasteiger charge is 2.27. The third-order valence-electron chi connectivity index (χ3n) is 2.27. The van der Waals surface area contributed by atoms with Crippen LogP contribution < -0.4 is 5.43 Å². The molecule has 0 amide bonds. The number of aryl methyl sites for hydroxylation is 2. The van der Waals surface area contributed by atoms with E-state index in [0.717, 1.165) is 11.4 Å². The van der Waals surface area contributed by atoms with Gasteiger partial charge in [-0.1, -0.05) is 0 Å². The standard InChI is InChI=1S/C11H17F3N2O/c1-9-4-5-10(2)16(9)15-6-3-7-17-8-11(12,13)14/h4-5,15H,3,6-8H2,1-2H3. The van der Waals surface area contributed by atoms with E-state index in [-0.39, 0.29) is 6.61 Å². The van der Waals surface area contributed by atoms with Crippen molar-refractivity contribution in [2.75, 3.05) is 25.2 Å². The Kier molecular flexibility index (Phi) is 4.86. The van der Waals surface area contributed by atoms with Crippen LogP contribution in [-0.2, 0) is 4.74 Å². The Morgan fingerprint density at radius 3 is 2.35 bits per heavy atom. The lowest BCUT2D eigenvalue weighted by molar-refractivity contribution is -0.173. The van der Waals surface area contributed by atoms with Gasteiger partial charge in [-0.15, -0.1) is 0 Å². The molecule has 0 bridgehead atoms. The van der Waals surface area contributed by atoms with Gasteiger partial charge in [-0.25, -0.2) is 0 Å². The highest BCUT2D eigenvalue weighted by atomic mass is 19.4. The molecule has 98 valence electrons.